The summed E-state index contributed by atoms with van der Waals surface area (Å²) in [5, 5.41) is 11.8. The summed E-state index contributed by atoms with van der Waals surface area (Å²) in [4.78, 5) is 11.5. The van der Waals surface area contributed by atoms with Gasteiger partial charge >= 0.3 is 0 Å². The summed E-state index contributed by atoms with van der Waals surface area (Å²) in [6.07, 6.45) is 0. The second kappa shape index (κ2) is 4.49. The Kier molecular flexibility index (Phi) is 3.49. The van der Waals surface area contributed by atoms with Crippen molar-refractivity contribution in [1.29, 1.82) is 0 Å². The Bertz CT molecular complexity index is 399. The number of amides is 1. The summed E-state index contributed by atoms with van der Waals surface area (Å²) >= 11 is 0. The lowest BCUT2D eigenvalue weighted by atomic mass is 10.1. The molecule has 0 heterocycles. The lowest BCUT2D eigenvalue weighted by Crippen LogP contribution is -2.38. The Hall–Kier alpha value is -1.62. The van der Waals surface area contributed by atoms with Crippen LogP contribution in [-0.2, 0) is 0 Å². The van der Waals surface area contributed by atoms with Crippen LogP contribution in [0.1, 0.15) is 24.2 Å². The van der Waals surface area contributed by atoms with Gasteiger partial charge in [-0.1, -0.05) is 0 Å². The van der Waals surface area contributed by atoms with Crippen LogP contribution in [0.3, 0.4) is 0 Å². The molecule has 88 valence electrons. The van der Waals surface area contributed by atoms with Gasteiger partial charge in [0.1, 0.15) is 5.82 Å². The van der Waals surface area contributed by atoms with Gasteiger partial charge in [-0.3, -0.25) is 4.79 Å². The van der Waals surface area contributed by atoms with E-state index in [-0.39, 0.29) is 17.8 Å². The van der Waals surface area contributed by atoms with Gasteiger partial charge in [0.25, 0.3) is 5.91 Å². The molecule has 1 rings (SSSR count). The number of hydrogen-bond acceptors (Lipinski definition) is 3. The number of aliphatic hydroxyl groups is 1. The van der Waals surface area contributed by atoms with Crippen LogP contribution in [0, 0.1) is 5.82 Å². The molecule has 0 saturated carbocycles. The number of halogens is 1. The zero-order chi connectivity index (χ0) is 12.3. The van der Waals surface area contributed by atoms with Crippen molar-refractivity contribution in [2.24, 2.45) is 0 Å². The average Bonchev–Trinajstić information content (AvgIpc) is 2.13. The van der Waals surface area contributed by atoms with Crippen LogP contribution in [0.5, 0.6) is 0 Å². The largest absolute Gasteiger partial charge is 0.399 e. The quantitative estimate of drug-likeness (QED) is 0.670. The van der Waals surface area contributed by atoms with Gasteiger partial charge in [0.15, 0.2) is 0 Å². The molecule has 16 heavy (non-hydrogen) atoms. The van der Waals surface area contributed by atoms with Crippen LogP contribution in [0.4, 0.5) is 10.1 Å². The number of hydrogen-bond donors (Lipinski definition) is 3. The molecule has 5 heteroatoms. The minimum atomic E-state index is -1.03. The van der Waals surface area contributed by atoms with Gasteiger partial charge in [-0.15, -0.1) is 0 Å². The standard InChI is InChI=1S/C11H15FN2O2/c1-11(2,16)6-14-10(15)8-4-3-7(13)5-9(8)12/h3-5,16H,6,13H2,1-2H3,(H,14,15). The summed E-state index contributed by atoms with van der Waals surface area (Å²) in [6, 6.07) is 3.84. The Morgan fingerprint density at radius 1 is 1.56 bits per heavy atom. The summed E-state index contributed by atoms with van der Waals surface area (Å²) in [6.45, 7) is 3.15. The lowest BCUT2D eigenvalue weighted by molar-refractivity contribution is 0.0692. The molecule has 0 bridgehead atoms. The molecule has 0 atom stereocenters. The third-order valence-corrected chi connectivity index (χ3v) is 1.92. The molecule has 0 radical (unpaired) electrons. The van der Waals surface area contributed by atoms with Crippen LogP contribution < -0.4 is 11.1 Å². The van der Waals surface area contributed by atoms with Crippen LogP contribution >= 0.6 is 0 Å². The normalized spacial score (nSPS) is 11.2. The first-order valence-electron chi connectivity index (χ1n) is 4.85. The van der Waals surface area contributed by atoms with Crippen molar-refractivity contribution in [2.75, 3.05) is 12.3 Å². The van der Waals surface area contributed by atoms with Gasteiger partial charge in [0.2, 0.25) is 0 Å². The number of nitrogens with one attached hydrogen (secondary N) is 1. The maximum atomic E-state index is 13.3. The lowest BCUT2D eigenvalue weighted by Gasteiger charge is -2.17. The Morgan fingerprint density at radius 3 is 2.69 bits per heavy atom. The van der Waals surface area contributed by atoms with Crippen molar-refractivity contribution >= 4 is 11.6 Å². The predicted molar refractivity (Wildman–Crippen MR) is 59.4 cm³/mol. The number of anilines is 1. The molecule has 0 spiro atoms. The van der Waals surface area contributed by atoms with E-state index < -0.39 is 17.3 Å². The third-order valence-electron chi connectivity index (χ3n) is 1.92. The highest BCUT2D eigenvalue weighted by Gasteiger charge is 2.16. The Labute approximate surface area is 93.3 Å². The first kappa shape index (κ1) is 12.4. The zero-order valence-corrected chi connectivity index (χ0v) is 9.25. The molecule has 1 aromatic rings. The molecule has 1 aromatic carbocycles. The van der Waals surface area contributed by atoms with Crippen LogP contribution in [-0.4, -0.2) is 23.2 Å². The SMILES string of the molecule is CC(C)(O)CNC(=O)c1ccc(N)cc1F. The van der Waals surface area contributed by atoms with Crippen molar-refractivity contribution in [3.63, 3.8) is 0 Å². The summed E-state index contributed by atoms with van der Waals surface area (Å²) in [5.41, 5.74) is 4.51. The Balaban J connectivity index is 2.74. The van der Waals surface area contributed by atoms with Crippen LogP contribution in [0.2, 0.25) is 0 Å². The number of carbonyl (C=O) groups excluding carboxylic acids is 1. The van der Waals surface area contributed by atoms with E-state index in [4.69, 9.17) is 5.73 Å². The van der Waals surface area contributed by atoms with Crippen LogP contribution in [0.25, 0.3) is 0 Å². The summed E-state index contributed by atoms with van der Waals surface area (Å²) in [5.74, 6) is -1.24. The number of benzene rings is 1. The molecule has 1 amide bonds. The molecule has 0 aliphatic carbocycles. The summed E-state index contributed by atoms with van der Waals surface area (Å²) < 4.78 is 13.3. The number of nitrogens with two attached hydrogens (primary N) is 1. The fourth-order valence-electron chi connectivity index (χ4n) is 1.11. The van der Waals surface area contributed by atoms with E-state index >= 15 is 0 Å². The second-order valence-corrected chi connectivity index (χ2v) is 4.23. The maximum absolute atomic E-state index is 13.3. The van der Waals surface area contributed by atoms with E-state index in [0.29, 0.717) is 0 Å². The smallest absolute Gasteiger partial charge is 0.254 e. The van der Waals surface area contributed by atoms with Crippen LogP contribution in [0.15, 0.2) is 18.2 Å². The maximum Gasteiger partial charge on any atom is 0.254 e. The molecular weight excluding hydrogens is 211 g/mol. The van der Waals surface area contributed by atoms with Gasteiger partial charge in [-0.05, 0) is 32.0 Å². The van der Waals surface area contributed by atoms with E-state index in [2.05, 4.69) is 5.32 Å². The van der Waals surface area contributed by atoms with Gasteiger partial charge in [-0.25, -0.2) is 4.39 Å². The third kappa shape index (κ3) is 3.51. The molecule has 0 aromatic heterocycles. The topological polar surface area (TPSA) is 75.3 Å². The number of rotatable bonds is 3. The zero-order valence-electron chi connectivity index (χ0n) is 9.25. The van der Waals surface area contributed by atoms with E-state index in [1.807, 2.05) is 0 Å². The second-order valence-electron chi connectivity index (χ2n) is 4.23. The van der Waals surface area contributed by atoms with Gasteiger partial charge in [-0.2, -0.15) is 0 Å². The number of carbonyl (C=O) groups is 1. The molecule has 0 saturated heterocycles. The summed E-state index contributed by atoms with van der Waals surface area (Å²) in [7, 11) is 0. The molecular formula is C11H15FN2O2. The van der Waals surface area contributed by atoms with Crippen molar-refractivity contribution in [2.45, 2.75) is 19.4 Å². The molecule has 0 unspecified atom stereocenters. The molecule has 4 N–H and O–H groups in total. The van der Waals surface area contributed by atoms with Crippen molar-refractivity contribution in [1.82, 2.24) is 5.32 Å². The van der Waals surface area contributed by atoms with Crippen molar-refractivity contribution in [3.8, 4) is 0 Å². The van der Waals surface area contributed by atoms with Gasteiger partial charge in [0, 0.05) is 12.2 Å². The van der Waals surface area contributed by atoms with Crippen molar-refractivity contribution in [3.05, 3.63) is 29.6 Å². The van der Waals surface area contributed by atoms with Gasteiger partial charge in [0.05, 0.1) is 11.2 Å². The molecule has 4 nitrogen and oxygen atoms in total. The van der Waals surface area contributed by atoms with E-state index in [9.17, 15) is 14.3 Å². The highest BCUT2D eigenvalue weighted by Crippen LogP contribution is 2.11. The molecule has 0 aliphatic rings. The molecule has 0 aliphatic heterocycles. The molecule has 0 fully saturated rings. The van der Waals surface area contributed by atoms with E-state index in [1.54, 1.807) is 13.8 Å². The first-order valence-corrected chi connectivity index (χ1v) is 4.85. The fourth-order valence-corrected chi connectivity index (χ4v) is 1.11. The monoisotopic (exact) mass is 226 g/mol. The van der Waals surface area contributed by atoms with Crippen molar-refractivity contribution < 1.29 is 14.3 Å². The van der Waals surface area contributed by atoms with E-state index in [0.717, 1.165) is 6.07 Å². The first-order chi connectivity index (χ1) is 7.29. The minimum absolute atomic E-state index is 0.0512. The fraction of sp³-hybridized carbons (Fsp3) is 0.364. The highest BCUT2D eigenvalue weighted by atomic mass is 19.1. The van der Waals surface area contributed by atoms with Gasteiger partial charge < -0.3 is 16.2 Å². The minimum Gasteiger partial charge on any atom is -0.399 e. The average molecular weight is 226 g/mol. The highest BCUT2D eigenvalue weighted by molar-refractivity contribution is 5.94. The van der Waals surface area contributed by atoms with E-state index in [1.165, 1.54) is 12.1 Å². The predicted octanol–water partition coefficient (Wildman–Crippen LogP) is 0.909. The number of nitrogen functional groups attached to an aromatic ring is 1. The Morgan fingerprint density at radius 2 is 2.19 bits per heavy atom.